The minimum absolute atomic E-state index is 0.0316. The molecular weight excluding hydrogens is 354 g/mol. The summed E-state index contributed by atoms with van der Waals surface area (Å²) in [4.78, 5) is 15.5. The van der Waals surface area contributed by atoms with Crippen LogP contribution in [-0.2, 0) is 21.3 Å². The van der Waals surface area contributed by atoms with Crippen molar-refractivity contribution in [3.8, 4) is 0 Å². The number of sulfonamides is 1. The lowest BCUT2D eigenvalue weighted by Gasteiger charge is -2.10. The van der Waals surface area contributed by atoms with Crippen molar-refractivity contribution in [2.75, 3.05) is 13.7 Å². The van der Waals surface area contributed by atoms with Gasteiger partial charge in [-0.1, -0.05) is 11.6 Å². The molecule has 1 heterocycles. The second-order valence-electron chi connectivity index (χ2n) is 5.06. The molecule has 0 aliphatic carbocycles. The molecule has 9 heteroatoms. The van der Waals surface area contributed by atoms with Gasteiger partial charge in [0, 0.05) is 25.5 Å². The number of benzene rings is 1. The third-order valence-electron chi connectivity index (χ3n) is 3.43. The molecule has 24 heavy (non-hydrogen) atoms. The van der Waals surface area contributed by atoms with Crippen molar-refractivity contribution in [1.82, 2.24) is 14.3 Å². The lowest BCUT2D eigenvalue weighted by atomic mass is 10.2. The fourth-order valence-corrected chi connectivity index (χ4v) is 3.75. The summed E-state index contributed by atoms with van der Waals surface area (Å²) in [6.45, 7) is 2.80. The van der Waals surface area contributed by atoms with Gasteiger partial charge in [-0.2, -0.15) is 0 Å². The number of aromatic nitrogens is 2. The van der Waals surface area contributed by atoms with Crippen LogP contribution in [0, 0.1) is 6.92 Å². The summed E-state index contributed by atoms with van der Waals surface area (Å²) in [5.41, 5.74) is 0.192. The van der Waals surface area contributed by atoms with Crippen LogP contribution in [0.2, 0.25) is 5.02 Å². The molecule has 0 aliphatic heterocycles. The van der Waals surface area contributed by atoms with Crippen molar-refractivity contribution in [3.63, 3.8) is 0 Å². The van der Waals surface area contributed by atoms with Crippen molar-refractivity contribution in [2.45, 2.75) is 24.8 Å². The van der Waals surface area contributed by atoms with E-state index in [1.165, 1.54) is 25.3 Å². The summed E-state index contributed by atoms with van der Waals surface area (Å²) < 4.78 is 33.6. The van der Waals surface area contributed by atoms with E-state index >= 15 is 0 Å². The Morgan fingerprint density at radius 1 is 1.42 bits per heavy atom. The van der Waals surface area contributed by atoms with E-state index in [1.54, 1.807) is 6.20 Å². The minimum atomic E-state index is -3.75. The molecule has 0 bridgehead atoms. The first kappa shape index (κ1) is 18.4. The maximum Gasteiger partial charge on any atom is 0.337 e. The number of carbonyl (C=O) groups is 1. The zero-order valence-electron chi connectivity index (χ0n) is 13.3. The number of carbonyl (C=O) groups excluding carboxylic acids is 1. The number of esters is 1. The Morgan fingerprint density at radius 2 is 2.17 bits per heavy atom. The van der Waals surface area contributed by atoms with Crippen molar-refractivity contribution in [1.29, 1.82) is 0 Å². The second-order valence-corrected chi connectivity index (χ2v) is 7.20. The number of halogens is 1. The lowest BCUT2D eigenvalue weighted by molar-refractivity contribution is 0.0600. The van der Waals surface area contributed by atoms with Crippen LogP contribution in [0.3, 0.4) is 0 Å². The highest BCUT2D eigenvalue weighted by atomic mass is 35.5. The van der Waals surface area contributed by atoms with E-state index in [4.69, 9.17) is 11.6 Å². The van der Waals surface area contributed by atoms with E-state index in [0.717, 1.165) is 5.82 Å². The molecule has 7 nitrogen and oxygen atoms in total. The molecule has 2 rings (SSSR count). The van der Waals surface area contributed by atoms with E-state index in [9.17, 15) is 13.2 Å². The molecule has 0 radical (unpaired) electrons. The predicted octanol–water partition coefficient (Wildman–Crippen LogP) is 2.00. The molecule has 0 saturated carbocycles. The SMILES string of the molecule is COC(=O)c1ccc(S(=O)(=O)NCCCn2ccnc2C)c(Cl)c1. The highest BCUT2D eigenvalue weighted by molar-refractivity contribution is 7.89. The largest absolute Gasteiger partial charge is 0.465 e. The number of methoxy groups -OCH3 is 1. The Morgan fingerprint density at radius 3 is 2.75 bits per heavy atom. The van der Waals surface area contributed by atoms with Crippen LogP contribution in [0.15, 0.2) is 35.5 Å². The van der Waals surface area contributed by atoms with Crippen LogP contribution in [0.25, 0.3) is 0 Å². The quantitative estimate of drug-likeness (QED) is 0.593. The molecule has 130 valence electrons. The highest BCUT2D eigenvalue weighted by Crippen LogP contribution is 2.23. The number of hydrogen-bond acceptors (Lipinski definition) is 5. The maximum atomic E-state index is 12.3. The predicted molar refractivity (Wildman–Crippen MR) is 89.6 cm³/mol. The number of imidazole rings is 1. The molecule has 2 aromatic rings. The van der Waals surface area contributed by atoms with E-state index in [0.29, 0.717) is 13.0 Å². The third kappa shape index (κ3) is 4.34. The average Bonchev–Trinajstić information content (AvgIpc) is 2.95. The normalized spacial score (nSPS) is 11.5. The van der Waals surface area contributed by atoms with Crippen molar-refractivity contribution in [3.05, 3.63) is 47.0 Å². The molecule has 1 aromatic heterocycles. The average molecular weight is 372 g/mol. The second kappa shape index (κ2) is 7.78. The molecule has 0 unspecified atom stereocenters. The van der Waals surface area contributed by atoms with Gasteiger partial charge < -0.3 is 9.30 Å². The Bertz CT molecular complexity index is 833. The van der Waals surface area contributed by atoms with E-state index in [1.807, 2.05) is 17.7 Å². The number of hydrogen-bond donors (Lipinski definition) is 1. The van der Waals surface area contributed by atoms with Gasteiger partial charge in [-0.05, 0) is 31.5 Å². The van der Waals surface area contributed by atoms with Gasteiger partial charge in [-0.3, -0.25) is 0 Å². The van der Waals surface area contributed by atoms with Gasteiger partial charge in [-0.25, -0.2) is 22.9 Å². The first-order valence-electron chi connectivity index (χ1n) is 7.20. The summed E-state index contributed by atoms with van der Waals surface area (Å²) in [5, 5.41) is -0.0316. The molecule has 1 aromatic carbocycles. The summed E-state index contributed by atoms with van der Waals surface area (Å²) in [5.74, 6) is 0.295. The van der Waals surface area contributed by atoms with Gasteiger partial charge in [0.05, 0.1) is 17.7 Å². The van der Waals surface area contributed by atoms with Gasteiger partial charge in [0.15, 0.2) is 0 Å². The van der Waals surface area contributed by atoms with Crippen LogP contribution in [-0.4, -0.2) is 37.6 Å². The maximum absolute atomic E-state index is 12.3. The molecule has 1 N–H and O–H groups in total. The first-order chi connectivity index (χ1) is 11.3. The van der Waals surface area contributed by atoms with Crippen LogP contribution in [0.4, 0.5) is 0 Å². The fraction of sp³-hybridized carbons (Fsp3) is 0.333. The molecule has 0 spiro atoms. The molecule has 0 atom stereocenters. The molecule has 0 aliphatic rings. The van der Waals surface area contributed by atoms with Crippen LogP contribution in [0.5, 0.6) is 0 Å². The molecular formula is C15H18ClN3O4S. The summed E-state index contributed by atoms with van der Waals surface area (Å²) in [6, 6.07) is 3.93. The lowest BCUT2D eigenvalue weighted by Crippen LogP contribution is -2.26. The fourth-order valence-electron chi connectivity index (χ4n) is 2.14. The third-order valence-corrected chi connectivity index (χ3v) is 5.38. The Hall–Kier alpha value is -1.90. The van der Waals surface area contributed by atoms with E-state index < -0.39 is 16.0 Å². The van der Waals surface area contributed by atoms with Crippen molar-refractivity contribution in [2.24, 2.45) is 0 Å². The van der Waals surface area contributed by atoms with Crippen molar-refractivity contribution >= 4 is 27.6 Å². The minimum Gasteiger partial charge on any atom is -0.465 e. The van der Waals surface area contributed by atoms with Crippen LogP contribution in [0.1, 0.15) is 22.6 Å². The number of nitrogens with one attached hydrogen (secondary N) is 1. The van der Waals surface area contributed by atoms with Gasteiger partial charge in [0.1, 0.15) is 10.7 Å². The first-order valence-corrected chi connectivity index (χ1v) is 9.06. The smallest absolute Gasteiger partial charge is 0.337 e. The zero-order valence-corrected chi connectivity index (χ0v) is 14.9. The number of rotatable bonds is 7. The standard InChI is InChI=1S/C15H18ClN3O4S/c1-11-17-7-9-19(11)8-3-6-18-24(21,22)14-5-4-12(10-13(14)16)15(20)23-2/h4-5,7,9-10,18H,3,6,8H2,1-2H3. The van der Waals surface area contributed by atoms with Gasteiger partial charge in [0.25, 0.3) is 0 Å². The topological polar surface area (TPSA) is 90.3 Å². The highest BCUT2D eigenvalue weighted by Gasteiger charge is 2.19. The van der Waals surface area contributed by atoms with Crippen LogP contribution >= 0.6 is 11.6 Å². The Labute approximate surface area is 145 Å². The number of ether oxygens (including phenoxy) is 1. The molecule has 0 amide bonds. The van der Waals surface area contributed by atoms with Gasteiger partial charge in [0.2, 0.25) is 10.0 Å². The Balaban J connectivity index is 1.99. The van der Waals surface area contributed by atoms with Crippen LogP contribution < -0.4 is 4.72 Å². The summed E-state index contributed by atoms with van der Waals surface area (Å²) in [6.07, 6.45) is 4.14. The summed E-state index contributed by atoms with van der Waals surface area (Å²) >= 11 is 5.99. The Kier molecular flexibility index (Phi) is 5.98. The van der Waals surface area contributed by atoms with E-state index in [-0.39, 0.29) is 22.0 Å². The summed E-state index contributed by atoms with van der Waals surface area (Å²) in [7, 11) is -2.51. The van der Waals surface area contributed by atoms with Crippen molar-refractivity contribution < 1.29 is 17.9 Å². The van der Waals surface area contributed by atoms with Gasteiger partial charge in [-0.15, -0.1) is 0 Å². The van der Waals surface area contributed by atoms with Gasteiger partial charge >= 0.3 is 5.97 Å². The monoisotopic (exact) mass is 371 g/mol. The number of aryl methyl sites for hydroxylation is 2. The zero-order chi connectivity index (χ0) is 17.7. The molecule has 0 saturated heterocycles. The molecule has 0 fully saturated rings. The van der Waals surface area contributed by atoms with E-state index in [2.05, 4.69) is 14.4 Å². The number of nitrogens with zero attached hydrogens (tertiary/aromatic N) is 2.